The summed E-state index contributed by atoms with van der Waals surface area (Å²) < 4.78 is 2.87. The first-order valence-electron chi connectivity index (χ1n) is 5.95. The molecule has 3 heterocycles. The molecule has 0 fully saturated rings. The van der Waals surface area contributed by atoms with Gasteiger partial charge in [0.05, 0.1) is 9.26 Å². The highest BCUT2D eigenvalue weighted by molar-refractivity contribution is 14.1. The molecule has 0 aliphatic rings. The molecule has 2 N–H and O–H groups in total. The summed E-state index contributed by atoms with van der Waals surface area (Å²) in [6.07, 6.45) is 4.68. The van der Waals surface area contributed by atoms with Crippen molar-refractivity contribution in [3.63, 3.8) is 0 Å². The SMILES string of the molecule is CCc1nc(-c2cn3ccccc3n2)nc(N)c1I. The van der Waals surface area contributed by atoms with Gasteiger partial charge in [0.25, 0.3) is 0 Å². The summed E-state index contributed by atoms with van der Waals surface area (Å²) in [7, 11) is 0. The fourth-order valence-electron chi connectivity index (χ4n) is 1.90. The Bertz CT molecular complexity index is 717. The summed E-state index contributed by atoms with van der Waals surface area (Å²) >= 11 is 2.18. The predicted molar refractivity (Wildman–Crippen MR) is 82.7 cm³/mol. The highest BCUT2D eigenvalue weighted by Gasteiger charge is 2.12. The Morgan fingerprint density at radius 3 is 2.84 bits per heavy atom. The zero-order chi connectivity index (χ0) is 13.4. The molecule has 19 heavy (non-hydrogen) atoms. The molecule has 3 aromatic rings. The summed E-state index contributed by atoms with van der Waals surface area (Å²) in [5.41, 5.74) is 8.51. The van der Waals surface area contributed by atoms with Gasteiger partial charge < -0.3 is 10.1 Å². The van der Waals surface area contributed by atoms with Gasteiger partial charge >= 0.3 is 0 Å². The van der Waals surface area contributed by atoms with Gasteiger partial charge in [-0.2, -0.15) is 0 Å². The maximum atomic E-state index is 5.94. The van der Waals surface area contributed by atoms with Crippen LogP contribution in [0.15, 0.2) is 30.6 Å². The van der Waals surface area contributed by atoms with Crippen LogP contribution in [0.25, 0.3) is 17.2 Å². The Hall–Kier alpha value is -1.70. The molecular formula is C13H12IN5. The standard InChI is InChI=1S/C13H12IN5/c1-2-8-11(14)12(15)18-13(17-8)9-7-19-6-4-3-5-10(19)16-9/h3-7H,2H2,1H3,(H2,15,17,18). The Morgan fingerprint density at radius 2 is 2.11 bits per heavy atom. The molecule has 0 aliphatic heterocycles. The maximum Gasteiger partial charge on any atom is 0.182 e. The molecule has 0 aromatic carbocycles. The molecule has 5 nitrogen and oxygen atoms in total. The van der Waals surface area contributed by atoms with Crippen LogP contribution < -0.4 is 5.73 Å². The molecular weight excluding hydrogens is 353 g/mol. The van der Waals surface area contributed by atoms with E-state index >= 15 is 0 Å². The number of halogens is 1. The van der Waals surface area contributed by atoms with Gasteiger partial charge in [-0.05, 0) is 41.1 Å². The number of aryl methyl sites for hydroxylation is 1. The summed E-state index contributed by atoms with van der Waals surface area (Å²) in [5.74, 6) is 1.10. The lowest BCUT2D eigenvalue weighted by Gasteiger charge is -2.05. The number of imidazole rings is 1. The highest BCUT2D eigenvalue weighted by Crippen LogP contribution is 2.22. The van der Waals surface area contributed by atoms with Crippen molar-refractivity contribution < 1.29 is 0 Å². The van der Waals surface area contributed by atoms with E-state index in [2.05, 4.69) is 44.5 Å². The van der Waals surface area contributed by atoms with Crippen LogP contribution in [0.1, 0.15) is 12.6 Å². The minimum Gasteiger partial charge on any atom is -0.383 e. The maximum absolute atomic E-state index is 5.94. The van der Waals surface area contributed by atoms with Gasteiger partial charge in [0.1, 0.15) is 17.2 Å². The Labute approximate surface area is 124 Å². The minimum absolute atomic E-state index is 0.513. The fraction of sp³-hybridized carbons (Fsp3) is 0.154. The van der Waals surface area contributed by atoms with Crippen molar-refractivity contribution in [1.82, 2.24) is 19.4 Å². The van der Waals surface area contributed by atoms with E-state index in [1.807, 2.05) is 35.0 Å². The Balaban J connectivity index is 2.18. The largest absolute Gasteiger partial charge is 0.383 e. The second-order valence-electron chi connectivity index (χ2n) is 4.14. The average molecular weight is 365 g/mol. The number of fused-ring (bicyclic) bond motifs is 1. The lowest BCUT2D eigenvalue weighted by Crippen LogP contribution is -2.04. The quantitative estimate of drug-likeness (QED) is 0.709. The van der Waals surface area contributed by atoms with E-state index in [1.54, 1.807) is 0 Å². The fourth-order valence-corrected chi connectivity index (χ4v) is 2.53. The van der Waals surface area contributed by atoms with Crippen LogP contribution in [0.2, 0.25) is 0 Å². The molecule has 3 rings (SSSR count). The third-order valence-electron chi connectivity index (χ3n) is 2.87. The number of hydrogen-bond donors (Lipinski definition) is 1. The van der Waals surface area contributed by atoms with Gasteiger partial charge in [-0.25, -0.2) is 15.0 Å². The number of nitrogens with two attached hydrogens (primary N) is 1. The van der Waals surface area contributed by atoms with Crippen LogP contribution in [0.3, 0.4) is 0 Å². The zero-order valence-corrected chi connectivity index (χ0v) is 12.5. The van der Waals surface area contributed by atoms with Crippen molar-refractivity contribution in [2.45, 2.75) is 13.3 Å². The van der Waals surface area contributed by atoms with Crippen molar-refractivity contribution in [3.05, 3.63) is 39.9 Å². The molecule has 0 saturated heterocycles. The van der Waals surface area contributed by atoms with E-state index in [-0.39, 0.29) is 0 Å². The number of nitrogens with zero attached hydrogens (tertiary/aromatic N) is 4. The number of hydrogen-bond acceptors (Lipinski definition) is 4. The van der Waals surface area contributed by atoms with Crippen LogP contribution in [0.5, 0.6) is 0 Å². The van der Waals surface area contributed by atoms with E-state index in [1.165, 1.54) is 0 Å². The van der Waals surface area contributed by atoms with Crippen LogP contribution in [-0.4, -0.2) is 19.4 Å². The van der Waals surface area contributed by atoms with Crippen molar-refractivity contribution in [3.8, 4) is 11.5 Å². The predicted octanol–water partition coefficient (Wildman–Crippen LogP) is 2.54. The zero-order valence-electron chi connectivity index (χ0n) is 10.3. The Morgan fingerprint density at radius 1 is 1.26 bits per heavy atom. The van der Waals surface area contributed by atoms with Crippen molar-refractivity contribution in [2.75, 3.05) is 5.73 Å². The Kier molecular flexibility index (Phi) is 3.09. The lowest BCUT2D eigenvalue weighted by atomic mass is 10.3. The van der Waals surface area contributed by atoms with E-state index < -0.39 is 0 Å². The minimum atomic E-state index is 0.513. The third-order valence-corrected chi connectivity index (χ3v) is 4.05. The number of anilines is 1. The number of pyridine rings is 1. The van der Waals surface area contributed by atoms with Crippen LogP contribution in [0.4, 0.5) is 5.82 Å². The molecule has 6 heteroatoms. The van der Waals surface area contributed by atoms with Crippen molar-refractivity contribution in [1.29, 1.82) is 0 Å². The third kappa shape index (κ3) is 2.16. The second-order valence-corrected chi connectivity index (χ2v) is 5.22. The van der Waals surface area contributed by atoms with Gasteiger partial charge in [-0.1, -0.05) is 13.0 Å². The van der Waals surface area contributed by atoms with E-state index in [9.17, 15) is 0 Å². The molecule has 0 amide bonds. The first-order valence-corrected chi connectivity index (χ1v) is 7.03. The molecule has 3 aromatic heterocycles. The number of aromatic nitrogens is 4. The first-order chi connectivity index (χ1) is 9.19. The van der Waals surface area contributed by atoms with Gasteiger partial charge in [-0.3, -0.25) is 0 Å². The molecule has 0 aliphatic carbocycles. The molecule has 0 unspecified atom stereocenters. The number of rotatable bonds is 2. The summed E-state index contributed by atoms with van der Waals surface area (Å²) in [5, 5.41) is 0. The first kappa shape index (κ1) is 12.3. The summed E-state index contributed by atoms with van der Waals surface area (Å²) in [6.45, 7) is 2.05. The van der Waals surface area contributed by atoms with Crippen LogP contribution >= 0.6 is 22.6 Å². The second kappa shape index (κ2) is 4.76. The van der Waals surface area contributed by atoms with Gasteiger partial charge in [-0.15, -0.1) is 0 Å². The van der Waals surface area contributed by atoms with Gasteiger partial charge in [0.15, 0.2) is 5.82 Å². The highest BCUT2D eigenvalue weighted by atomic mass is 127. The summed E-state index contributed by atoms with van der Waals surface area (Å²) in [6, 6.07) is 5.85. The van der Waals surface area contributed by atoms with Crippen LogP contribution in [-0.2, 0) is 6.42 Å². The van der Waals surface area contributed by atoms with Gasteiger partial charge in [0.2, 0.25) is 0 Å². The van der Waals surface area contributed by atoms with E-state index in [4.69, 9.17) is 5.73 Å². The normalized spacial score (nSPS) is 11.1. The van der Waals surface area contributed by atoms with Crippen molar-refractivity contribution in [2.24, 2.45) is 0 Å². The molecule has 96 valence electrons. The van der Waals surface area contributed by atoms with Crippen molar-refractivity contribution >= 4 is 34.1 Å². The number of nitrogen functional groups attached to an aromatic ring is 1. The topological polar surface area (TPSA) is 69.1 Å². The lowest BCUT2D eigenvalue weighted by molar-refractivity contribution is 0.990. The molecule has 0 radical (unpaired) electrons. The smallest absolute Gasteiger partial charge is 0.182 e. The monoisotopic (exact) mass is 365 g/mol. The van der Waals surface area contributed by atoms with Crippen LogP contribution in [0, 0.1) is 3.57 Å². The molecule has 0 atom stereocenters. The van der Waals surface area contributed by atoms with Gasteiger partial charge in [0, 0.05) is 12.4 Å². The van der Waals surface area contributed by atoms with E-state index in [0.717, 1.165) is 27.0 Å². The molecule has 0 saturated carbocycles. The average Bonchev–Trinajstić information content (AvgIpc) is 2.85. The van der Waals surface area contributed by atoms with E-state index in [0.29, 0.717) is 11.6 Å². The molecule has 0 spiro atoms. The summed E-state index contributed by atoms with van der Waals surface area (Å²) in [4.78, 5) is 13.4. The molecule has 0 bridgehead atoms.